The normalized spacial score (nSPS) is 22.6. The molecule has 2 nitrogen and oxygen atoms in total. The van der Waals surface area contributed by atoms with Crippen molar-refractivity contribution in [3.05, 3.63) is 0 Å². The van der Waals surface area contributed by atoms with Crippen LogP contribution >= 0.6 is 24.4 Å². The Balaban J connectivity index is 1.74. The smallest absolute Gasteiger partial charge is 0.232 e. The standard InChI is InChI=1S/C21H35O2S2/c22-20(15-14-17-10-6-4-5-7-11-17)25-19(21(23)24)16-18-12-8-2-1-3-9-13-18/h17-19H,1-16H2. The van der Waals surface area contributed by atoms with E-state index >= 15 is 0 Å². The van der Waals surface area contributed by atoms with E-state index in [-0.39, 0.29) is 15.5 Å². The van der Waals surface area contributed by atoms with E-state index in [2.05, 4.69) is 0 Å². The topological polar surface area (TPSA) is 34.1 Å². The molecule has 1 atom stereocenters. The molecule has 0 aromatic heterocycles. The van der Waals surface area contributed by atoms with Crippen LogP contribution in [0.25, 0.3) is 0 Å². The Bertz CT molecular complexity index is 395. The van der Waals surface area contributed by atoms with Crippen molar-refractivity contribution in [3.63, 3.8) is 0 Å². The van der Waals surface area contributed by atoms with Gasteiger partial charge >= 0.3 is 0 Å². The minimum absolute atomic E-state index is 0.193. The minimum atomic E-state index is -0.277. The molecule has 2 aliphatic rings. The molecular weight excluding hydrogens is 348 g/mol. The van der Waals surface area contributed by atoms with Crippen molar-refractivity contribution >= 4 is 34.6 Å². The van der Waals surface area contributed by atoms with Gasteiger partial charge in [0, 0.05) is 6.42 Å². The van der Waals surface area contributed by atoms with E-state index in [1.165, 1.54) is 95.2 Å². The van der Waals surface area contributed by atoms with E-state index in [0.29, 0.717) is 12.3 Å². The summed E-state index contributed by atoms with van der Waals surface area (Å²) in [4.78, 5) is 24.3. The number of carbonyl (C=O) groups excluding carboxylic acids is 2. The van der Waals surface area contributed by atoms with Crippen LogP contribution in [0.2, 0.25) is 0 Å². The molecule has 0 spiro atoms. The first-order valence-electron chi connectivity index (χ1n) is 10.6. The number of hydrogen-bond acceptors (Lipinski definition) is 3. The number of carbonyl (C=O) groups is 2. The van der Waals surface area contributed by atoms with Gasteiger partial charge in [-0.1, -0.05) is 95.2 Å². The molecule has 25 heavy (non-hydrogen) atoms. The van der Waals surface area contributed by atoms with Gasteiger partial charge in [-0.25, -0.2) is 0 Å². The zero-order chi connectivity index (χ0) is 17.9. The Morgan fingerprint density at radius 3 is 1.80 bits per heavy atom. The molecule has 0 N–H and O–H groups in total. The summed E-state index contributed by atoms with van der Waals surface area (Å²) >= 11 is 6.22. The van der Waals surface area contributed by atoms with Crippen LogP contribution in [0.4, 0.5) is 0 Å². The Kier molecular flexibility index (Phi) is 10.5. The van der Waals surface area contributed by atoms with E-state index in [9.17, 15) is 9.59 Å². The van der Waals surface area contributed by atoms with Gasteiger partial charge in [0.1, 0.15) is 0 Å². The molecule has 1 unspecified atom stereocenters. The summed E-state index contributed by atoms with van der Waals surface area (Å²) < 4.78 is 0. The summed E-state index contributed by atoms with van der Waals surface area (Å²) in [6.45, 7) is 0. The summed E-state index contributed by atoms with van der Waals surface area (Å²) in [5.41, 5.74) is 0. The lowest BCUT2D eigenvalue weighted by atomic mass is 9.88. The van der Waals surface area contributed by atoms with Gasteiger partial charge in [-0.3, -0.25) is 9.59 Å². The summed E-state index contributed by atoms with van der Waals surface area (Å²) in [7, 11) is 0. The molecule has 0 aliphatic heterocycles. The van der Waals surface area contributed by atoms with Crippen LogP contribution in [0, 0.1) is 11.8 Å². The van der Waals surface area contributed by atoms with E-state index in [1.807, 2.05) is 0 Å². The fraction of sp³-hybridized carbons (Fsp3) is 0.905. The Labute approximate surface area is 164 Å². The van der Waals surface area contributed by atoms with Crippen LogP contribution < -0.4 is 0 Å². The molecule has 0 aromatic rings. The minimum Gasteiger partial charge on any atom is -0.287 e. The predicted molar refractivity (Wildman–Crippen MR) is 110 cm³/mol. The van der Waals surface area contributed by atoms with Crippen LogP contribution in [0.3, 0.4) is 0 Å². The van der Waals surface area contributed by atoms with Gasteiger partial charge < -0.3 is 0 Å². The molecule has 0 amide bonds. The van der Waals surface area contributed by atoms with Crippen LogP contribution in [0.5, 0.6) is 0 Å². The molecule has 0 aromatic carbocycles. The highest BCUT2D eigenvalue weighted by molar-refractivity contribution is 8.16. The summed E-state index contributed by atoms with van der Waals surface area (Å²) in [6.07, 6.45) is 19.3. The highest BCUT2D eigenvalue weighted by atomic mass is 32.2. The monoisotopic (exact) mass is 383 g/mol. The molecule has 4 heteroatoms. The van der Waals surface area contributed by atoms with Crippen molar-refractivity contribution in [2.24, 2.45) is 11.8 Å². The Morgan fingerprint density at radius 2 is 1.28 bits per heavy atom. The van der Waals surface area contributed by atoms with Crippen LogP contribution in [-0.2, 0) is 9.59 Å². The first-order valence-corrected chi connectivity index (χ1v) is 11.8. The van der Waals surface area contributed by atoms with Gasteiger partial charge in [-0.15, -0.1) is 0 Å². The molecule has 1 radical (unpaired) electrons. The Morgan fingerprint density at radius 1 is 0.800 bits per heavy atom. The van der Waals surface area contributed by atoms with Crippen molar-refractivity contribution in [2.75, 3.05) is 0 Å². The molecule has 2 aliphatic carbocycles. The van der Waals surface area contributed by atoms with E-state index < -0.39 is 0 Å². The second-order valence-electron chi connectivity index (χ2n) is 8.14. The fourth-order valence-electron chi connectivity index (χ4n) is 4.46. The van der Waals surface area contributed by atoms with Gasteiger partial charge in [0.15, 0.2) is 5.12 Å². The average molecular weight is 384 g/mol. The van der Waals surface area contributed by atoms with Crippen LogP contribution in [0.1, 0.15) is 103 Å². The highest BCUT2D eigenvalue weighted by Gasteiger charge is 2.25. The quantitative estimate of drug-likeness (QED) is 0.451. The molecule has 0 bridgehead atoms. The SMILES string of the molecule is O=C(CCC1CCCCCC1)SC(CC1CCCCCCC1)C(=O)[S]. The number of rotatable bonds is 7. The highest BCUT2D eigenvalue weighted by Crippen LogP contribution is 2.32. The summed E-state index contributed by atoms with van der Waals surface area (Å²) in [5.74, 6) is 1.30. The second kappa shape index (κ2) is 12.3. The maximum absolute atomic E-state index is 12.4. The van der Waals surface area contributed by atoms with E-state index in [1.54, 1.807) is 0 Å². The van der Waals surface area contributed by atoms with Gasteiger partial charge in [0.05, 0.1) is 5.25 Å². The van der Waals surface area contributed by atoms with Gasteiger partial charge in [-0.05, 0) is 37.3 Å². The third kappa shape index (κ3) is 8.90. The zero-order valence-electron chi connectivity index (χ0n) is 15.7. The molecule has 0 heterocycles. The Hall–Kier alpha value is -0.0900. The lowest BCUT2D eigenvalue weighted by molar-refractivity contribution is -0.113. The van der Waals surface area contributed by atoms with Crippen molar-refractivity contribution < 1.29 is 9.59 Å². The third-order valence-corrected chi connectivity index (χ3v) is 7.63. The van der Waals surface area contributed by atoms with Crippen LogP contribution in [-0.4, -0.2) is 15.5 Å². The second-order valence-corrected chi connectivity index (χ2v) is 9.80. The average Bonchev–Trinajstić information content (AvgIpc) is 2.83. The maximum atomic E-state index is 12.4. The van der Waals surface area contributed by atoms with E-state index in [4.69, 9.17) is 12.6 Å². The van der Waals surface area contributed by atoms with Gasteiger partial charge in [0.2, 0.25) is 5.12 Å². The molecule has 143 valence electrons. The maximum Gasteiger partial charge on any atom is 0.232 e. The lowest BCUT2D eigenvalue weighted by Crippen LogP contribution is -2.20. The van der Waals surface area contributed by atoms with Crippen molar-refractivity contribution in [3.8, 4) is 0 Å². The van der Waals surface area contributed by atoms with E-state index in [0.717, 1.165) is 18.8 Å². The van der Waals surface area contributed by atoms with Crippen molar-refractivity contribution in [1.82, 2.24) is 0 Å². The van der Waals surface area contributed by atoms with Crippen molar-refractivity contribution in [2.45, 2.75) is 108 Å². The largest absolute Gasteiger partial charge is 0.287 e. The molecule has 2 fully saturated rings. The fourth-order valence-corrected chi connectivity index (χ4v) is 5.72. The molecule has 2 saturated carbocycles. The molecule has 2 rings (SSSR count). The predicted octanol–water partition coefficient (Wildman–Crippen LogP) is 6.84. The van der Waals surface area contributed by atoms with Crippen molar-refractivity contribution in [1.29, 1.82) is 0 Å². The summed E-state index contributed by atoms with van der Waals surface area (Å²) in [5, 5.41) is -0.297. The molecule has 0 saturated heterocycles. The third-order valence-electron chi connectivity index (χ3n) is 6.04. The summed E-state index contributed by atoms with van der Waals surface area (Å²) in [6, 6.07) is 0. The lowest BCUT2D eigenvalue weighted by Gasteiger charge is -2.22. The van der Waals surface area contributed by atoms with Gasteiger partial charge in [-0.2, -0.15) is 0 Å². The number of thioether (sulfide) groups is 1. The van der Waals surface area contributed by atoms with Gasteiger partial charge in [0.25, 0.3) is 0 Å². The van der Waals surface area contributed by atoms with Crippen LogP contribution in [0.15, 0.2) is 0 Å². The zero-order valence-corrected chi connectivity index (χ0v) is 17.3. The number of hydrogen-bond donors (Lipinski definition) is 0. The molecular formula is C21H35O2S2. The first kappa shape index (κ1) is 21.2. The first-order chi connectivity index (χ1) is 12.1.